The summed E-state index contributed by atoms with van der Waals surface area (Å²) in [5.74, 6) is -1.92. The van der Waals surface area contributed by atoms with Crippen molar-refractivity contribution >= 4 is 56.7 Å². The summed E-state index contributed by atoms with van der Waals surface area (Å²) in [5, 5.41) is 11.2. The van der Waals surface area contributed by atoms with Crippen molar-refractivity contribution in [2.45, 2.75) is 43.2 Å². The fraction of sp³-hybridized carbons (Fsp3) is 0.320. The van der Waals surface area contributed by atoms with Gasteiger partial charge >= 0.3 is 6.36 Å². The Balaban J connectivity index is 1.79. The summed E-state index contributed by atoms with van der Waals surface area (Å²) in [6.45, 7) is 2.29. The molecule has 0 saturated carbocycles. The van der Waals surface area contributed by atoms with Gasteiger partial charge in [-0.05, 0) is 49.7 Å². The van der Waals surface area contributed by atoms with Crippen molar-refractivity contribution in [3.8, 4) is 5.75 Å². The summed E-state index contributed by atoms with van der Waals surface area (Å²) in [6.07, 6.45) is -4.07. The lowest BCUT2D eigenvalue weighted by molar-refractivity contribution is -0.274. The highest BCUT2D eigenvalue weighted by atomic mass is 35.5. The highest BCUT2D eigenvalue weighted by molar-refractivity contribution is 7.89. The van der Waals surface area contributed by atoms with E-state index in [-0.39, 0.29) is 41.3 Å². The monoisotopic (exact) mass is 649 g/mol. The molecule has 1 aliphatic heterocycles. The van der Waals surface area contributed by atoms with Crippen LogP contribution in [0, 0.1) is 0 Å². The van der Waals surface area contributed by atoms with Crippen LogP contribution < -0.4 is 19.7 Å². The molecule has 3 N–H and O–H groups in total. The van der Waals surface area contributed by atoms with Gasteiger partial charge in [-0.25, -0.2) is 18.3 Å². The zero-order valence-electron chi connectivity index (χ0n) is 21.9. The van der Waals surface area contributed by atoms with Crippen LogP contribution in [0.25, 0.3) is 0 Å². The number of fused-ring (bicyclic) bond motifs is 1. The Morgan fingerprint density at radius 1 is 1.17 bits per heavy atom. The second-order valence-electron chi connectivity index (χ2n) is 9.50. The second-order valence-corrected chi connectivity index (χ2v) is 12.0. The molecular formula is C25H24Cl2F3N5O6S. The molecule has 0 radical (unpaired) electrons. The number of alkyl halides is 3. The van der Waals surface area contributed by atoms with Gasteiger partial charge in [0.05, 0.1) is 24.5 Å². The molecule has 0 saturated heterocycles. The first-order valence-electron chi connectivity index (χ1n) is 12.2. The summed E-state index contributed by atoms with van der Waals surface area (Å²) >= 11 is 12.3. The van der Waals surface area contributed by atoms with Crippen LogP contribution in [-0.4, -0.2) is 60.4 Å². The third-order valence-electron chi connectivity index (χ3n) is 6.29. The van der Waals surface area contributed by atoms with Crippen molar-refractivity contribution in [1.82, 2.24) is 19.6 Å². The molecule has 42 heavy (non-hydrogen) atoms. The van der Waals surface area contributed by atoms with Gasteiger partial charge in [-0.15, -0.1) is 13.2 Å². The maximum atomic E-state index is 14.1. The number of anilines is 2. The fourth-order valence-corrected chi connectivity index (χ4v) is 6.43. The second kappa shape index (κ2) is 11.7. The normalized spacial score (nSPS) is 17.7. The molecule has 0 bridgehead atoms. The zero-order chi connectivity index (χ0) is 31.0. The lowest BCUT2D eigenvalue weighted by atomic mass is 9.92. The number of imidazole rings is 1. The molecule has 2 aromatic carbocycles. The molecule has 1 aliphatic rings. The molecule has 2 atom stereocenters. The standard InChI is InChI=1S/C25H24Cl2F3N5O6S/c1-14(21(37)31-7-8-36)33-42(39,40)20-13-32-23-34(18-10-16(26)9-17(27)11-18)22(38)24(2,35(20)23)12-15-3-5-19(6-4-15)41-25(28,29)30/h3-6,9-11,13-14,33,36H,7-8,12H2,1-2H3,(H,31,37)/t14-,24+/m0/s1. The Kier molecular flexibility index (Phi) is 8.81. The van der Waals surface area contributed by atoms with Gasteiger partial charge in [-0.1, -0.05) is 35.3 Å². The number of halogens is 5. The van der Waals surface area contributed by atoms with Gasteiger partial charge in [0.15, 0.2) is 5.03 Å². The van der Waals surface area contributed by atoms with Gasteiger partial charge in [0.2, 0.25) is 11.9 Å². The number of rotatable bonds is 10. The summed E-state index contributed by atoms with van der Waals surface area (Å²) in [5.41, 5.74) is -1.12. The minimum Gasteiger partial charge on any atom is -0.406 e. The number of sulfonamides is 1. The Hall–Kier alpha value is -3.37. The highest BCUT2D eigenvalue weighted by Gasteiger charge is 2.52. The first-order chi connectivity index (χ1) is 19.6. The van der Waals surface area contributed by atoms with E-state index in [0.717, 1.165) is 23.2 Å². The molecule has 17 heteroatoms. The van der Waals surface area contributed by atoms with E-state index in [1.165, 1.54) is 48.7 Å². The Morgan fingerprint density at radius 3 is 2.36 bits per heavy atom. The van der Waals surface area contributed by atoms with Gasteiger partial charge in [-0.3, -0.25) is 14.2 Å². The Bertz CT molecular complexity index is 1600. The van der Waals surface area contributed by atoms with Crippen LogP contribution in [0.3, 0.4) is 0 Å². The Labute approximate surface area is 248 Å². The van der Waals surface area contributed by atoms with Crippen LogP contribution in [0.2, 0.25) is 10.0 Å². The zero-order valence-corrected chi connectivity index (χ0v) is 24.3. The van der Waals surface area contributed by atoms with Crippen molar-refractivity contribution in [3.63, 3.8) is 0 Å². The number of nitrogens with one attached hydrogen (secondary N) is 2. The SMILES string of the molecule is C[C@H](NS(=O)(=O)c1cnc2n1[C@](C)(Cc1ccc(OC(F)(F)F)cc1)C(=O)N2c1cc(Cl)cc(Cl)c1)C(=O)NCCO. The molecule has 226 valence electrons. The highest BCUT2D eigenvalue weighted by Crippen LogP contribution is 2.44. The predicted molar refractivity (Wildman–Crippen MR) is 146 cm³/mol. The van der Waals surface area contributed by atoms with Crippen molar-refractivity contribution < 1.29 is 41.0 Å². The van der Waals surface area contributed by atoms with Crippen molar-refractivity contribution in [2.24, 2.45) is 0 Å². The van der Waals surface area contributed by atoms with E-state index in [1.54, 1.807) is 0 Å². The lowest BCUT2D eigenvalue weighted by Gasteiger charge is -2.27. The van der Waals surface area contributed by atoms with Crippen LogP contribution in [-0.2, 0) is 31.6 Å². The van der Waals surface area contributed by atoms with Gasteiger partial charge in [0, 0.05) is 23.0 Å². The topological polar surface area (TPSA) is 143 Å². The van der Waals surface area contributed by atoms with E-state index in [9.17, 15) is 31.2 Å². The van der Waals surface area contributed by atoms with E-state index in [1.807, 2.05) is 0 Å². The van der Waals surface area contributed by atoms with E-state index in [2.05, 4.69) is 19.8 Å². The minimum atomic E-state index is -4.90. The number of aliphatic hydroxyl groups excluding tert-OH is 1. The molecule has 4 rings (SSSR count). The van der Waals surface area contributed by atoms with Crippen molar-refractivity contribution in [1.29, 1.82) is 0 Å². The number of hydrogen-bond acceptors (Lipinski definition) is 7. The largest absolute Gasteiger partial charge is 0.573 e. The number of amides is 2. The van der Waals surface area contributed by atoms with E-state index in [0.29, 0.717) is 5.56 Å². The maximum absolute atomic E-state index is 14.1. The number of aliphatic hydroxyl groups is 1. The number of carbonyl (C=O) groups is 2. The fourth-order valence-electron chi connectivity index (χ4n) is 4.51. The molecule has 0 aliphatic carbocycles. The lowest BCUT2D eigenvalue weighted by Crippen LogP contribution is -2.47. The average molecular weight is 650 g/mol. The smallest absolute Gasteiger partial charge is 0.406 e. The molecule has 3 aromatic rings. The molecule has 0 spiro atoms. The molecule has 2 amide bonds. The quantitative estimate of drug-likeness (QED) is 0.305. The molecule has 11 nitrogen and oxygen atoms in total. The van der Waals surface area contributed by atoms with Crippen molar-refractivity contribution in [3.05, 3.63) is 64.3 Å². The van der Waals surface area contributed by atoms with Crippen LogP contribution in [0.5, 0.6) is 5.75 Å². The third kappa shape index (κ3) is 6.49. The summed E-state index contributed by atoms with van der Waals surface area (Å²) in [4.78, 5) is 31.7. The van der Waals surface area contributed by atoms with Crippen LogP contribution in [0.4, 0.5) is 24.8 Å². The van der Waals surface area contributed by atoms with Gasteiger partial charge in [-0.2, -0.15) is 4.72 Å². The van der Waals surface area contributed by atoms with E-state index < -0.39 is 50.6 Å². The first kappa shape index (κ1) is 31.6. The maximum Gasteiger partial charge on any atom is 0.573 e. The van der Waals surface area contributed by atoms with Gasteiger partial charge in [0.25, 0.3) is 15.9 Å². The number of carbonyl (C=O) groups excluding carboxylic acids is 2. The van der Waals surface area contributed by atoms with Crippen LogP contribution >= 0.6 is 23.2 Å². The van der Waals surface area contributed by atoms with Crippen LogP contribution in [0.15, 0.2) is 53.7 Å². The van der Waals surface area contributed by atoms with E-state index >= 15 is 0 Å². The van der Waals surface area contributed by atoms with Crippen LogP contribution in [0.1, 0.15) is 19.4 Å². The van der Waals surface area contributed by atoms with E-state index in [4.69, 9.17) is 28.3 Å². The van der Waals surface area contributed by atoms with Crippen molar-refractivity contribution in [2.75, 3.05) is 18.1 Å². The summed E-state index contributed by atoms with van der Waals surface area (Å²) in [7, 11) is -4.50. The summed E-state index contributed by atoms with van der Waals surface area (Å²) in [6, 6.07) is 7.80. The third-order valence-corrected chi connectivity index (χ3v) is 8.23. The minimum absolute atomic E-state index is 0.0937. The van der Waals surface area contributed by atoms with Gasteiger partial charge in [0.1, 0.15) is 11.3 Å². The number of ether oxygens (including phenoxy) is 1. The molecule has 0 unspecified atom stereocenters. The molecule has 0 fully saturated rings. The summed E-state index contributed by atoms with van der Waals surface area (Å²) < 4.78 is 72.3. The number of hydrogen-bond donors (Lipinski definition) is 3. The number of benzene rings is 2. The number of aromatic nitrogens is 2. The van der Waals surface area contributed by atoms with Gasteiger partial charge < -0.3 is 15.2 Å². The molecule has 2 heterocycles. The molecular weight excluding hydrogens is 626 g/mol. The first-order valence-corrected chi connectivity index (χ1v) is 14.4. The molecule has 1 aromatic heterocycles. The predicted octanol–water partition coefficient (Wildman–Crippen LogP) is 3.50. The Morgan fingerprint density at radius 2 is 1.79 bits per heavy atom. The average Bonchev–Trinajstić information content (AvgIpc) is 3.40. The number of nitrogens with zero attached hydrogens (tertiary/aromatic N) is 3.